The highest BCUT2D eigenvalue weighted by molar-refractivity contribution is 6.27. The fraction of sp³-hybridized carbons (Fsp3) is 0.800. The molecule has 3 heteroatoms. The Kier molecular flexibility index (Phi) is 4.88. The fourth-order valence-electron chi connectivity index (χ4n) is 3.06. The number of nitrogens with zero attached hydrogens (tertiary/aromatic N) is 1. The Morgan fingerprint density at radius 1 is 1.50 bits per heavy atom. The maximum atomic E-state index is 12.1. The SMILES string of the molecule is CC1=C(N(C(=O)CCl)C(C)C)CC(C)CC1(C)C. The van der Waals surface area contributed by atoms with E-state index in [2.05, 4.69) is 41.5 Å². The van der Waals surface area contributed by atoms with Crippen LogP contribution in [0.1, 0.15) is 54.4 Å². The Labute approximate surface area is 116 Å². The van der Waals surface area contributed by atoms with Crippen LogP contribution in [0.2, 0.25) is 0 Å². The summed E-state index contributed by atoms with van der Waals surface area (Å²) >= 11 is 5.75. The van der Waals surface area contributed by atoms with Gasteiger partial charge in [0.05, 0.1) is 0 Å². The second-order valence-electron chi connectivity index (χ2n) is 6.46. The number of allylic oxidation sites excluding steroid dienone is 2. The van der Waals surface area contributed by atoms with Gasteiger partial charge in [-0.15, -0.1) is 11.6 Å². The van der Waals surface area contributed by atoms with Crippen molar-refractivity contribution in [2.45, 2.75) is 60.4 Å². The molecule has 1 amide bonds. The smallest absolute Gasteiger partial charge is 0.241 e. The standard InChI is InChI=1S/C15H26ClNO/c1-10(2)17(14(18)9-16)13-7-11(3)8-15(5,6)12(13)4/h10-11H,7-9H2,1-6H3. The van der Waals surface area contributed by atoms with Crippen molar-refractivity contribution in [1.29, 1.82) is 0 Å². The lowest BCUT2D eigenvalue weighted by Crippen LogP contribution is -2.41. The van der Waals surface area contributed by atoms with E-state index in [-0.39, 0.29) is 23.2 Å². The summed E-state index contributed by atoms with van der Waals surface area (Å²) in [5, 5.41) is 0. The molecule has 18 heavy (non-hydrogen) atoms. The minimum Gasteiger partial charge on any atom is -0.313 e. The molecule has 104 valence electrons. The molecule has 0 aromatic rings. The van der Waals surface area contributed by atoms with E-state index in [4.69, 9.17) is 11.6 Å². The quantitative estimate of drug-likeness (QED) is 0.705. The number of alkyl halides is 1. The Balaban J connectivity index is 3.21. The molecule has 0 spiro atoms. The van der Waals surface area contributed by atoms with Crippen LogP contribution in [0.3, 0.4) is 0 Å². The van der Waals surface area contributed by atoms with E-state index in [9.17, 15) is 4.79 Å². The van der Waals surface area contributed by atoms with E-state index in [1.807, 2.05) is 4.90 Å². The monoisotopic (exact) mass is 271 g/mol. The Morgan fingerprint density at radius 3 is 2.50 bits per heavy atom. The third-order valence-electron chi connectivity index (χ3n) is 4.04. The summed E-state index contributed by atoms with van der Waals surface area (Å²) in [6.45, 7) is 13.1. The summed E-state index contributed by atoms with van der Waals surface area (Å²) in [7, 11) is 0. The molecule has 1 aliphatic rings. The summed E-state index contributed by atoms with van der Waals surface area (Å²) in [4.78, 5) is 14.0. The van der Waals surface area contributed by atoms with Crippen LogP contribution in [0.15, 0.2) is 11.3 Å². The van der Waals surface area contributed by atoms with Gasteiger partial charge >= 0.3 is 0 Å². The van der Waals surface area contributed by atoms with Crippen LogP contribution >= 0.6 is 11.6 Å². The average Bonchev–Trinajstić information content (AvgIpc) is 2.23. The van der Waals surface area contributed by atoms with Crippen molar-refractivity contribution in [2.75, 3.05) is 5.88 Å². The van der Waals surface area contributed by atoms with Crippen molar-refractivity contribution in [2.24, 2.45) is 11.3 Å². The van der Waals surface area contributed by atoms with Crippen molar-refractivity contribution in [3.63, 3.8) is 0 Å². The Bertz CT molecular complexity index is 358. The molecule has 0 bridgehead atoms. The van der Waals surface area contributed by atoms with Crippen molar-refractivity contribution >= 4 is 17.5 Å². The molecule has 1 unspecified atom stereocenters. The van der Waals surface area contributed by atoms with Crippen molar-refractivity contribution in [3.8, 4) is 0 Å². The Morgan fingerprint density at radius 2 is 2.06 bits per heavy atom. The molecule has 0 aromatic carbocycles. The molecule has 0 aromatic heterocycles. The van der Waals surface area contributed by atoms with Crippen LogP contribution in [-0.2, 0) is 4.79 Å². The van der Waals surface area contributed by atoms with E-state index < -0.39 is 0 Å². The van der Waals surface area contributed by atoms with Crippen LogP contribution in [0, 0.1) is 11.3 Å². The molecule has 2 nitrogen and oxygen atoms in total. The lowest BCUT2D eigenvalue weighted by atomic mass is 9.70. The van der Waals surface area contributed by atoms with E-state index in [0.29, 0.717) is 5.92 Å². The first kappa shape index (κ1) is 15.6. The van der Waals surface area contributed by atoms with Crippen molar-refractivity contribution in [3.05, 3.63) is 11.3 Å². The molecule has 0 fully saturated rings. The second-order valence-corrected chi connectivity index (χ2v) is 6.73. The number of hydrogen-bond donors (Lipinski definition) is 0. The van der Waals surface area contributed by atoms with Gasteiger partial charge in [0, 0.05) is 11.7 Å². The van der Waals surface area contributed by atoms with Gasteiger partial charge in [0.1, 0.15) is 5.88 Å². The van der Waals surface area contributed by atoms with Gasteiger partial charge in [0.2, 0.25) is 5.91 Å². The third-order valence-corrected chi connectivity index (χ3v) is 4.27. The molecule has 1 rings (SSSR count). The number of hydrogen-bond acceptors (Lipinski definition) is 1. The summed E-state index contributed by atoms with van der Waals surface area (Å²) in [5.41, 5.74) is 2.71. The first-order chi connectivity index (χ1) is 8.20. The van der Waals surface area contributed by atoms with Gasteiger partial charge in [-0.1, -0.05) is 20.8 Å². The largest absolute Gasteiger partial charge is 0.313 e. The highest BCUT2D eigenvalue weighted by Gasteiger charge is 2.34. The predicted octanol–water partition coefficient (Wildman–Crippen LogP) is 4.19. The van der Waals surface area contributed by atoms with Gasteiger partial charge in [-0.25, -0.2) is 0 Å². The third kappa shape index (κ3) is 3.09. The number of carbonyl (C=O) groups is 1. The maximum absolute atomic E-state index is 12.1. The fourth-order valence-corrected chi connectivity index (χ4v) is 3.19. The van der Waals surface area contributed by atoms with Crippen molar-refractivity contribution < 1.29 is 4.79 Å². The summed E-state index contributed by atoms with van der Waals surface area (Å²) in [6.07, 6.45) is 2.17. The molecule has 0 aliphatic heterocycles. The zero-order valence-corrected chi connectivity index (χ0v) is 13.3. The van der Waals surface area contributed by atoms with Crippen LogP contribution < -0.4 is 0 Å². The zero-order chi connectivity index (χ0) is 14.1. The van der Waals surface area contributed by atoms with Crippen LogP contribution in [0.5, 0.6) is 0 Å². The molecule has 1 aliphatic carbocycles. The number of amides is 1. The molecule has 0 saturated carbocycles. The molecular weight excluding hydrogens is 246 g/mol. The van der Waals surface area contributed by atoms with Crippen LogP contribution in [-0.4, -0.2) is 22.7 Å². The predicted molar refractivity (Wildman–Crippen MR) is 77.6 cm³/mol. The first-order valence-electron chi connectivity index (χ1n) is 6.79. The van der Waals surface area contributed by atoms with E-state index >= 15 is 0 Å². The zero-order valence-electron chi connectivity index (χ0n) is 12.5. The molecular formula is C15H26ClNO. The van der Waals surface area contributed by atoms with Crippen LogP contribution in [0.4, 0.5) is 0 Å². The molecule has 0 N–H and O–H groups in total. The second kappa shape index (κ2) is 5.64. The summed E-state index contributed by atoms with van der Waals surface area (Å²) in [5.74, 6) is 0.693. The topological polar surface area (TPSA) is 20.3 Å². The minimum absolute atomic E-state index is 0.0194. The maximum Gasteiger partial charge on any atom is 0.241 e. The van der Waals surface area contributed by atoms with E-state index in [1.54, 1.807) is 0 Å². The van der Waals surface area contributed by atoms with Gasteiger partial charge < -0.3 is 4.90 Å². The van der Waals surface area contributed by atoms with Crippen molar-refractivity contribution in [1.82, 2.24) is 4.90 Å². The highest BCUT2D eigenvalue weighted by atomic mass is 35.5. The molecule has 1 atom stereocenters. The van der Waals surface area contributed by atoms with Gasteiger partial charge in [-0.3, -0.25) is 4.79 Å². The number of halogens is 1. The Hall–Kier alpha value is -0.500. The minimum atomic E-state index is 0.0194. The van der Waals surface area contributed by atoms with Gasteiger partial charge in [-0.2, -0.15) is 0 Å². The number of carbonyl (C=O) groups excluding carboxylic acids is 1. The normalized spacial score (nSPS) is 23.4. The lowest BCUT2D eigenvalue weighted by molar-refractivity contribution is -0.128. The summed E-state index contributed by atoms with van der Waals surface area (Å²) < 4.78 is 0. The van der Waals surface area contributed by atoms with Crippen LogP contribution in [0.25, 0.3) is 0 Å². The van der Waals surface area contributed by atoms with Gasteiger partial charge in [-0.05, 0) is 50.5 Å². The van der Waals surface area contributed by atoms with Gasteiger partial charge in [0.15, 0.2) is 0 Å². The van der Waals surface area contributed by atoms with E-state index in [1.165, 1.54) is 17.7 Å². The summed E-state index contributed by atoms with van der Waals surface area (Å²) in [6, 6.07) is 0.169. The van der Waals surface area contributed by atoms with Gasteiger partial charge in [0.25, 0.3) is 0 Å². The molecule has 0 radical (unpaired) electrons. The average molecular weight is 272 g/mol. The highest BCUT2D eigenvalue weighted by Crippen LogP contribution is 2.44. The molecule has 0 saturated heterocycles. The number of rotatable bonds is 3. The molecule has 0 heterocycles. The lowest BCUT2D eigenvalue weighted by Gasteiger charge is -2.42. The van der Waals surface area contributed by atoms with E-state index in [0.717, 1.165) is 6.42 Å². The first-order valence-corrected chi connectivity index (χ1v) is 7.32.